The number of furan rings is 1. The summed E-state index contributed by atoms with van der Waals surface area (Å²) in [5.41, 5.74) is 1.59. The molecule has 3 aromatic rings. The molecule has 10 nitrogen and oxygen atoms in total. The molecule has 3 amide bonds. The predicted molar refractivity (Wildman–Crippen MR) is 147 cm³/mol. The second kappa shape index (κ2) is 10.9. The summed E-state index contributed by atoms with van der Waals surface area (Å²) in [6.07, 6.45) is 4.16. The number of amides is 3. The molecule has 5 rings (SSSR count). The number of nitrogens with one attached hydrogen (secondary N) is 2. The summed E-state index contributed by atoms with van der Waals surface area (Å²) < 4.78 is 11.2. The minimum Gasteiger partial charge on any atom is -0.447 e. The molecule has 0 spiro atoms. The number of pyridine rings is 2. The quantitative estimate of drug-likeness (QED) is 0.465. The first-order valence-corrected chi connectivity index (χ1v) is 13.5. The van der Waals surface area contributed by atoms with Crippen molar-refractivity contribution in [1.29, 1.82) is 0 Å². The third kappa shape index (κ3) is 5.91. The van der Waals surface area contributed by atoms with Gasteiger partial charge in [0, 0.05) is 35.8 Å². The molecule has 0 radical (unpaired) electrons. The number of carbonyl (C=O) groups excluding carboxylic acids is 3. The van der Waals surface area contributed by atoms with Crippen molar-refractivity contribution < 1.29 is 23.5 Å². The maximum absolute atomic E-state index is 13.5. The Hall–Kier alpha value is -3.50. The van der Waals surface area contributed by atoms with Gasteiger partial charge in [-0.25, -0.2) is 9.97 Å². The SMILES string of the molecule is CC(C)(C)c1ccc2oc(C(=O)Nc3ccc(Cl)cn3)c(NC(=O)C3CCC(N4CCOCC4=O)CC3)c2n1. The van der Waals surface area contributed by atoms with E-state index in [2.05, 4.69) is 15.6 Å². The monoisotopic (exact) mass is 553 g/mol. The highest BCUT2D eigenvalue weighted by atomic mass is 35.5. The Balaban J connectivity index is 1.38. The van der Waals surface area contributed by atoms with Crippen LogP contribution in [0.5, 0.6) is 0 Å². The fraction of sp³-hybridized carbons (Fsp3) is 0.464. The molecule has 11 heteroatoms. The molecule has 1 aliphatic heterocycles. The second-order valence-electron chi connectivity index (χ2n) is 11.0. The van der Waals surface area contributed by atoms with Gasteiger partial charge in [0.05, 0.1) is 11.6 Å². The van der Waals surface area contributed by atoms with Crippen LogP contribution in [-0.4, -0.2) is 58.4 Å². The first-order chi connectivity index (χ1) is 18.6. The Morgan fingerprint density at radius 3 is 2.51 bits per heavy atom. The van der Waals surface area contributed by atoms with Gasteiger partial charge in [0.15, 0.2) is 5.58 Å². The summed E-state index contributed by atoms with van der Waals surface area (Å²) in [6.45, 7) is 7.36. The topological polar surface area (TPSA) is 127 Å². The van der Waals surface area contributed by atoms with E-state index in [0.717, 1.165) is 18.5 Å². The standard InChI is InChI=1S/C28H32ClN5O5/c1-28(2,3)20-10-9-19-23(31-20)24(25(39-19)27(37)32-21-11-6-17(29)14-30-21)33-26(36)16-4-7-18(8-5-16)34-12-13-38-15-22(34)35/h6,9-11,14,16,18H,4-5,7-8,12-13,15H2,1-3H3,(H,33,36)(H,30,32,37). The molecule has 2 fully saturated rings. The lowest BCUT2D eigenvalue weighted by molar-refractivity contribution is -0.146. The van der Waals surface area contributed by atoms with Crippen molar-refractivity contribution >= 4 is 51.9 Å². The van der Waals surface area contributed by atoms with Gasteiger partial charge in [0.1, 0.15) is 23.6 Å². The lowest BCUT2D eigenvalue weighted by atomic mass is 9.84. The number of anilines is 2. The average molecular weight is 554 g/mol. The van der Waals surface area contributed by atoms with Gasteiger partial charge in [0.2, 0.25) is 17.6 Å². The van der Waals surface area contributed by atoms with Crippen LogP contribution in [0, 0.1) is 5.92 Å². The van der Waals surface area contributed by atoms with Crippen LogP contribution < -0.4 is 10.6 Å². The zero-order valence-electron chi connectivity index (χ0n) is 22.3. The van der Waals surface area contributed by atoms with Crippen LogP contribution in [0.1, 0.15) is 62.7 Å². The van der Waals surface area contributed by atoms with Crippen LogP contribution in [0.15, 0.2) is 34.9 Å². The molecule has 1 aliphatic carbocycles. The Kier molecular flexibility index (Phi) is 7.59. The van der Waals surface area contributed by atoms with Crippen molar-refractivity contribution in [2.24, 2.45) is 5.92 Å². The molecule has 1 saturated heterocycles. The number of fused-ring (bicyclic) bond motifs is 1. The average Bonchev–Trinajstić information content (AvgIpc) is 3.27. The fourth-order valence-electron chi connectivity index (χ4n) is 5.08. The number of nitrogens with zero attached hydrogens (tertiary/aromatic N) is 3. The third-order valence-electron chi connectivity index (χ3n) is 7.26. The van der Waals surface area contributed by atoms with Crippen molar-refractivity contribution in [2.45, 2.75) is 57.9 Å². The number of hydrogen-bond acceptors (Lipinski definition) is 7. The Bertz CT molecular complexity index is 1390. The molecule has 3 aromatic heterocycles. The molecule has 39 heavy (non-hydrogen) atoms. The molecular weight excluding hydrogens is 522 g/mol. The summed E-state index contributed by atoms with van der Waals surface area (Å²) in [6, 6.07) is 6.93. The van der Waals surface area contributed by atoms with E-state index >= 15 is 0 Å². The minimum absolute atomic E-state index is 0.00516. The molecule has 2 aliphatic rings. The highest BCUT2D eigenvalue weighted by molar-refractivity contribution is 6.30. The van der Waals surface area contributed by atoms with Gasteiger partial charge < -0.3 is 24.7 Å². The number of morpholine rings is 1. The van der Waals surface area contributed by atoms with Crippen molar-refractivity contribution in [3.63, 3.8) is 0 Å². The first-order valence-electron chi connectivity index (χ1n) is 13.1. The van der Waals surface area contributed by atoms with Crippen molar-refractivity contribution in [3.8, 4) is 0 Å². The zero-order chi connectivity index (χ0) is 27.7. The summed E-state index contributed by atoms with van der Waals surface area (Å²) in [4.78, 5) is 49.8. The molecule has 206 valence electrons. The molecule has 4 heterocycles. The van der Waals surface area contributed by atoms with Gasteiger partial charge in [-0.1, -0.05) is 32.4 Å². The molecular formula is C28H32ClN5O5. The number of ether oxygens (including phenoxy) is 1. The van der Waals surface area contributed by atoms with Gasteiger partial charge in [-0.2, -0.15) is 0 Å². The van der Waals surface area contributed by atoms with E-state index in [1.165, 1.54) is 6.20 Å². The van der Waals surface area contributed by atoms with E-state index < -0.39 is 5.91 Å². The Labute approximate surface area is 231 Å². The normalized spacial score (nSPS) is 20.2. The largest absolute Gasteiger partial charge is 0.447 e. The molecule has 0 atom stereocenters. The molecule has 1 saturated carbocycles. The second-order valence-corrected chi connectivity index (χ2v) is 11.5. The molecule has 0 unspecified atom stereocenters. The highest BCUT2D eigenvalue weighted by Crippen LogP contribution is 2.35. The van der Waals surface area contributed by atoms with Crippen LogP contribution in [0.4, 0.5) is 11.5 Å². The highest BCUT2D eigenvalue weighted by Gasteiger charge is 2.34. The smallest absolute Gasteiger partial charge is 0.294 e. The lowest BCUT2D eigenvalue weighted by Gasteiger charge is -2.38. The first kappa shape index (κ1) is 27.1. The van der Waals surface area contributed by atoms with Crippen LogP contribution in [-0.2, 0) is 19.7 Å². The van der Waals surface area contributed by atoms with Crippen LogP contribution >= 0.6 is 11.6 Å². The van der Waals surface area contributed by atoms with Gasteiger partial charge >= 0.3 is 0 Å². The summed E-state index contributed by atoms with van der Waals surface area (Å²) >= 11 is 5.91. The number of carbonyl (C=O) groups is 3. The number of hydrogen-bond donors (Lipinski definition) is 2. The minimum atomic E-state index is -0.565. The third-order valence-corrected chi connectivity index (χ3v) is 7.48. The van der Waals surface area contributed by atoms with E-state index in [1.807, 2.05) is 31.7 Å². The summed E-state index contributed by atoms with van der Waals surface area (Å²) in [7, 11) is 0. The Morgan fingerprint density at radius 2 is 1.85 bits per heavy atom. The van der Waals surface area contributed by atoms with Crippen LogP contribution in [0.2, 0.25) is 5.02 Å². The zero-order valence-corrected chi connectivity index (χ0v) is 23.0. The summed E-state index contributed by atoms with van der Waals surface area (Å²) in [5.74, 6) is -0.786. The van der Waals surface area contributed by atoms with Crippen LogP contribution in [0.3, 0.4) is 0 Å². The van der Waals surface area contributed by atoms with Gasteiger partial charge in [-0.15, -0.1) is 0 Å². The molecule has 0 bridgehead atoms. The van der Waals surface area contributed by atoms with E-state index in [4.69, 9.17) is 25.7 Å². The van der Waals surface area contributed by atoms with Crippen molar-refractivity contribution in [3.05, 3.63) is 46.9 Å². The molecule has 2 N–H and O–H groups in total. The fourth-order valence-corrected chi connectivity index (χ4v) is 5.20. The Morgan fingerprint density at radius 1 is 1.08 bits per heavy atom. The van der Waals surface area contributed by atoms with Crippen LogP contribution in [0.25, 0.3) is 11.1 Å². The van der Waals surface area contributed by atoms with E-state index in [1.54, 1.807) is 18.2 Å². The predicted octanol–water partition coefficient (Wildman–Crippen LogP) is 4.78. The van der Waals surface area contributed by atoms with Crippen molar-refractivity contribution in [2.75, 3.05) is 30.4 Å². The number of rotatable bonds is 5. The van der Waals surface area contributed by atoms with Gasteiger partial charge in [-0.3, -0.25) is 14.4 Å². The number of halogens is 1. The van der Waals surface area contributed by atoms with E-state index in [0.29, 0.717) is 47.9 Å². The maximum atomic E-state index is 13.5. The van der Waals surface area contributed by atoms with E-state index in [9.17, 15) is 14.4 Å². The van der Waals surface area contributed by atoms with Gasteiger partial charge in [0.25, 0.3) is 5.91 Å². The van der Waals surface area contributed by atoms with E-state index in [-0.39, 0.29) is 47.2 Å². The maximum Gasteiger partial charge on any atom is 0.294 e. The van der Waals surface area contributed by atoms with Gasteiger partial charge in [-0.05, 0) is 49.9 Å². The molecule has 0 aromatic carbocycles. The lowest BCUT2D eigenvalue weighted by Crippen LogP contribution is -2.49. The number of aromatic nitrogens is 2. The summed E-state index contributed by atoms with van der Waals surface area (Å²) in [5, 5.41) is 6.11. The van der Waals surface area contributed by atoms with Crippen molar-refractivity contribution in [1.82, 2.24) is 14.9 Å².